The average Bonchev–Trinajstić information content (AvgIpc) is 2.24. The highest BCUT2D eigenvalue weighted by Crippen LogP contribution is 2.09. The largest absolute Gasteiger partial charge is 0.463 e. The van der Waals surface area contributed by atoms with Crippen LogP contribution in [-0.4, -0.2) is 25.8 Å². The Kier molecular flexibility index (Phi) is 8.24. The van der Waals surface area contributed by atoms with E-state index in [-0.39, 0.29) is 18.5 Å². The Morgan fingerprint density at radius 1 is 1.27 bits per heavy atom. The minimum Gasteiger partial charge on any atom is -0.463 e. The summed E-state index contributed by atoms with van der Waals surface area (Å²) >= 11 is 0. The average molecular weight is 208 g/mol. The second-order valence-electron chi connectivity index (χ2n) is 2.88. The molecule has 0 radical (unpaired) electrons. The van der Waals surface area contributed by atoms with Crippen molar-refractivity contribution >= 4 is 5.97 Å². The van der Waals surface area contributed by atoms with Gasteiger partial charge in [0.05, 0.1) is 12.5 Å². The van der Waals surface area contributed by atoms with E-state index in [1.165, 1.54) is 0 Å². The second-order valence-corrected chi connectivity index (χ2v) is 2.88. The van der Waals surface area contributed by atoms with Crippen molar-refractivity contribution in [2.75, 3.05) is 19.8 Å². The molecule has 0 spiro atoms. The van der Waals surface area contributed by atoms with Crippen LogP contribution in [0.2, 0.25) is 0 Å². The van der Waals surface area contributed by atoms with Crippen molar-refractivity contribution in [3.63, 3.8) is 0 Å². The second kappa shape index (κ2) is 9.12. The summed E-state index contributed by atoms with van der Waals surface area (Å²) < 4.78 is 9.98. The van der Waals surface area contributed by atoms with E-state index in [1.54, 1.807) is 0 Å². The lowest BCUT2D eigenvalue weighted by atomic mass is 10.0. The maximum Gasteiger partial charge on any atom is 0.310 e. The highest BCUT2D eigenvalue weighted by Gasteiger charge is 2.17. The van der Waals surface area contributed by atoms with Crippen molar-refractivity contribution in [2.45, 2.75) is 19.8 Å². The fourth-order valence-corrected chi connectivity index (χ4v) is 0.987. The van der Waals surface area contributed by atoms with Crippen molar-refractivity contribution in [3.05, 3.63) is 0 Å². The van der Waals surface area contributed by atoms with Crippen LogP contribution in [0.5, 0.6) is 0 Å². The van der Waals surface area contributed by atoms with E-state index in [9.17, 15) is 4.79 Å². The molecule has 0 aliphatic heterocycles. The Balaban J connectivity index is 3.83. The molecule has 82 valence electrons. The normalized spacial score (nSPS) is 9.33. The third kappa shape index (κ3) is 6.60. The van der Waals surface area contributed by atoms with E-state index in [0.29, 0.717) is 26.1 Å². The summed E-state index contributed by atoms with van der Waals surface area (Å²) in [4.78, 5) is 11.4. The molecule has 0 fully saturated rings. The number of terminal acetylenes is 2. The minimum absolute atomic E-state index is 0.248. The molecule has 0 heterocycles. The molecule has 0 aliphatic carbocycles. The van der Waals surface area contributed by atoms with Crippen LogP contribution in [0, 0.1) is 30.6 Å². The molecule has 0 saturated heterocycles. The molecule has 0 bridgehead atoms. The molecule has 0 amide bonds. The zero-order chi connectivity index (χ0) is 11.5. The predicted molar refractivity (Wildman–Crippen MR) is 57.8 cm³/mol. The lowest BCUT2D eigenvalue weighted by molar-refractivity contribution is -0.149. The van der Waals surface area contributed by atoms with E-state index in [4.69, 9.17) is 22.3 Å². The summed E-state index contributed by atoms with van der Waals surface area (Å²) in [6, 6.07) is 0. The Labute approximate surface area is 91.1 Å². The van der Waals surface area contributed by atoms with E-state index in [0.717, 1.165) is 0 Å². The molecule has 3 nitrogen and oxygen atoms in total. The fourth-order valence-electron chi connectivity index (χ4n) is 0.987. The van der Waals surface area contributed by atoms with E-state index in [1.807, 2.05) is 6.92 Å². The molecule has 15 heavy (non-hydrogen) atoms. The highest BCUT2D eigenvalue weighted by atomic mass is 16.6. The molecular formula is C12H16O3. The molecule has 0 unspecified atom stereocenters. The summed E-state index contributed by atoms with van der Waals surface area (Å²) in [6.45, 7) is 3.14. The lowest BCUT2D eigenvalue weighted by Crippen LogP contribution is -2.19. The van der Waals surface area contributed by atoms with Crippen LogP contribution in [0.25, 0.3) is 0 Å². The summed E-state index contributed by atoms with van der Waals surface area (Å²) in [7, 11) is 0. The number of carbonyl (C=O) groups excluding carboxylic acids is 1. The molecule has 0 aromatic carbocycles. The van der Waals surface area contributed by atoms with Gasteiger partial charge in [-0.15, -0.1) is 24.7 Å². The van der Waals surface area contributed by atoms with Gasteiger partial charge in [-0.05, 0) is 6.92 Å². The van der Waals surface area contributed by atoms with E-state index in [2.05, 4.69) is 11.8 Å². The van der Waals surface area contributed by atoms with Gasteiger partial charge < -0.3 is 9.47 Å². The molecule has 0 atom stereocenters. The van der Waals surface area contributed by atoms with Crippen LogP contribution >= 0.6 is 0 Å². The minimum atomic E-state index is -0.387. The first-order valence-corrected chi connectivity index (χ1v) is 4.87. The quantitative estimate of drug-likeness (QED) is 0.358. The third-order valence-electron chi connectivity index (χ3n) is 1.74. The van der Waals surface area contributed by atoms with Gasteiger partial charge in [-0.3, -0.25) is 4.79 Å². The van der Waals surface area contributed by atoms with E-state index < -0.39 is 0 Å². The molecule has 0 aromatic rings. The molecule has 0 saturated carbocycles. The van der Waals surface area contributed by atoms with Gasteiger partial charge in [0.1, 0.15) is 6.61 Å². The van der Waals surface area contributed by atoms with Gasteiger partial charge >= 0.3 is 5.97 Å². The van der Waals surface area contributed by atoms with Gasteiger partial charge in [0.2, 0.25) is 0 Å². The highest BCUT2D eigenvalue weighted by molar-refractivity contribution is 5.73. The lowest BCUT2D eigenvalue weighted by Gasteiger charge is -2.10. The first-order valence-electron chi connectivity index (χ1n) is 4.87. The summed E-state index contributed by atoms with van der Waals surface area (Å²) in [5.74, 6) is 4.09. The van der Waals surface area contributed by atoms with Gasteiger partial charge in [0, 0.05) is 19.4 Å². The number of ether oxygens (including phenoxy) is 2. The standard InChI is InChI=1S/C12H16O3/c1-4-7-11(8-5-2)12(13)15-10-9-14-6-3/h1-2,11H,6-10H2,3H3. The van der Waals surface area contributed by atoms with Crippen LogP contribution in [0.3, 0.4) is 0 Å². The molecular weight excluding hydrogens is 192 g/mol. The maximum absolute atomic E-state index is 11.4. The summed E-state index contributed by atoms with van der Waals surface area (Å²) in [5.41, 5.74) is 0. The molecule has 3 heteroatoms. The van der Waals surface area contributed by atoms with E-state index >= 15 is 0 Å². The topological polar surface area (TPSA) is 35.5 Å². The van der Waals surface area contributed by atoms with Crippen LogP contribution in [-0.2, 0) is 14.3 Å². The van der Waals surface area contributed by atoms with Crippen molar-refractivity contribution in [3.8, 4) is 24.7 Å². The summed E-state index contributed by atoms with van der Waals surface area (Å²) in [6.07, 6.45) is 10.9. The van der Waals surface area contributed by atoms with Gasteiger partial charge in [0.25, 0.3) is 0 Å². The monoisotopic (exact) mass is 208 g/mol. The van der Waals surface area contributed by atoms with Crippen molar-refractivity contribution in [1.29, 1.82) is 0 Å². The smallest absolute Gasteiger partial charge is 0.310 e. The van der Waals surface area contributed by atoms with Crippen molar-refractivity contribution < 1.29 is 14.3 Å². The zero-order valence-corrected chi connectivity index (χ0v) is 8.99. The van der Waals surface area contributed by atoms with Gasteiger partial charge in [0.15, 0.2) is 0 Å². The van der Waals surface area contributed by atoms with Crippen molar-refractivity contribution in [2.24, 2.45) is 5.92 Å². The fraction of sp³-hybridized carbons (Fsp3) is 0.583. The third-order valence-corrected chi connectivity index (χ3v) is 1.74. The van der Waals surface area contributed by atoms with Gasteiger partial charge in [-0.2, -0.15) is 0 Å². The number of hydrogen-bond acceptors (Lipinski definition) is 3. The Morgan fingerprint density at radius 2 is 1.87 bits per heavy atom. The van der Waals surface area contributed by atoms with Crippen LogP contribution < -0.4 is 0 Å². The Hall–Kier alpha value is -1.45. The molecule has 0 N–H and O–H groups in total. The summed E-state index contributed by atoms with van der Waals surface area (Å²) in [5, 5.41) is 0. The van der Waals surface area contributed by atoms with Crippen molar-refractivity contribution in [1.82, 2.24) is 0 Å². The first kappa shape index (κ1) is 13.5. The van der Waals surface area contributed by atoms with Gasteiger partial charge in [-0.1, -0.05) is 0 Å². The maximum atomic E-state index is 11.4. The predicted octanol–water partition coefficient (Wildman–Crippen LogP) is 1.23. The Morgan fingerprint density at radius 3 is 2.33 bits per heavy atom. The Bertz CT molecular complexity index is 241. The number of carbonyl (C=O) groups is 1. The van der Waals surface area contributed by atoms with Gasteiger partial charge in [-0.25, -0.2) is 0 Å². The van der Waals surface area contributed by atoms with Crippen LogP contribution in [0.4, 0.5) is 0 Å². The SMILES string of the molecule is C#CCC(CC#C)C(=O)OCCOCC. The number of rotatable bonds is 7. The molecule has 0 rings (SSSR count). The molecule has 0 aliphatic rings. The van der Waals surface area contributed by atoms with Crippen LogP contribution in [0.15, 0.2) is 0 Å². The number of hydrogen-bond donors (Lipinski definition) is 0. The van der Waals surface area contributed by atoms with Crippen LogP contribution in [0.1, 0.15) is 19.8 Å². The molecule has 0 aromatic heterocycles. The number of esters is 1. The first-order chi connectivity index (χ1) is 7.26. The zero-order valence-electron chi connectivity index (χ0n) is 8.99.